The summed E-state index contributed by atoms with van der Waals surface area (Å²) in [4.78, 5) is 11.6. The number of hydrogen-bond donors (Lipinski definition) is 1. The highest BCUT2D eigenvalue weighted by molar-refractivity contribution is 5.73. The molecule has 2 aliphatic rings. The molecule has 0 aromatic carbocycles. The molecule has 1 heterocycles. The molecule has 2 fully saturated rings. The summed E-state index contributed by atoms with van der Waals surface area (Å²) in [6, 6.07) is 0. The van der Waals surface area contributed by atoms with Gasteiger partial charge >= 0.3 is 5.97 Å². The van der Waals surface area contributed by atoms with Crippen LogP contribution in [0.4, 0.5) is 0 Å². The molecule has 1 N–H and O–H groups in total. The molecular formula is C10H17NO2. The molecule has 2 rings (SSSR count). The normalized spacial score (nSPS) is 37.5. The predicted octanol–water partition coefficient (Wildman–Crippen LogP) is 0.795. The van der Waals surface area contributed by atoms with E-state index < -0.39 is 0 Å². The van der Waals surface area contributed by atoms with Gasteiger partial charge in [0.05, 0.1) is 12.5 Å². The molecule has 3 nitrogen and oxygen atoms in total. The molecule has 1 aliphatic heterocycles. The second-order valence-corrected chi connectivity index (χ2v) is 4.03. The third kappa shape index (κ3) is 1.57. The van der Waals surface area contributed by atoms with E-state index >= 15 is 0 Å². The van der Waals surface area contributed by atoms with Crippen LogP contribution in [0, 0.1) is 17.8 Å². The molecule has 0 aromatic rings. The van der Waals surface area contributed by atoms with Gasteiger partial charge in [0.2, 0.25) is 0 Å². The number of ether oxygens (including phenoxy) is 1. The highest BCUT2D eigenvalue weighted by Gasteiger charge is 2.43. The Labute approximate surface area is 78.8 Å². The number of hydrogen-bond acceptors (Lipinski definition) is 3. The van der Waals surface area contributed by atoms with Crippen molar-refractivity contribution in [2.45, 2.75) is 19.8 Å². The first kappa shape index (κ1) is 9.00. The van der Waals surface area contributed by atoms with Crippen molar-refractivity contribution in [3.05, 3.63) is 0 Å². The minimum atomic E-state index is 0.0384. The lowest BCUT2D eigenvalue weighted by Crippen LogP contribution is -2.42. The van der Waals surface area contributed by atoms with Gasteiger partial charge in [0.15, 0.2) is 0 Å². The molecule has 13 heavy (non-hydrogen) atoms. The summed E-state index contributed by atoms with van der Waals surface area (Å²) in [5.41, 5.74) is 0. The molecule has 2 bridgehead atoms. The van der Waals surface area contributed by atoms with Gasteiger partial charge in [-0.2, -0.15) is 0 Å². The first-order chi connectivity index (χ1) is 6.33. The maximum Gasteiger partial charge on any atom is 0.309 e. The number of rotatable bonds is 2. The highest BCUT2D eigenvalue weighted by atomic mass is 16.5. The maximum absolute atomic E-state index is 11.6. The maximum atomic E-state index is 11.6. The Morgan fingerprint density at radius 3 is 2.54 bits per heavy atom. The molecule has 0 radical (unpaired) electrons. The lowest BCUT2D eigenvalue weighted by Gasteiger charge is -2.28. The van der Waals surface area contributed by atoms with E-state index in [0.717, 1.165) is 13.1 Å². The van der Waals surface area contributed by atoms with Gasteiger partial charge in [0, 0.05) is 0 Å². The van der Waals surface area contributed by atoms with Crippen molar-refractivity contribution in [2.24, 2.45) is 17.8 Å². The second-order valence-electron chi connectivity index (χ2n) is 4.03. The zero-order valence-corrected chi connectivity index (χ0v) is 8.08. The van der Waals surface area contributed by atoms with E-state index in [1.807, 2.05) is 6.92 Å². The molecule has 1 aliphatic carbocycles. The number of nitrogens with one attached hydrogen (secondary N) is 1. The average molecular weight is 183 g/mol. The van der Waals surface area contributed by atoms with Crippen LogP contribution in [0.5, 0.6) is 0 Å². The Hall–Kier alpha value is -0.570. The van der Waals surface area contributed by atoms with Gasteiger partial charge in [-0.3, -0.25) is 4.79 Å². The summed E-state index contributed by atoms with van der Waals surface area (Å²) in [6.45, 7) is 4.39. The van der Waals surface area contributed by atoms with Gasteiger partial charge in [-0.1, -0.05) is 0 Å². The highest BCUT2D eigenvalue weighted by Crippen LogP contribution is 2.39. The number of carbonyl (C=O) groups excluding carboxylic acids is 1. The SMILES string of the molecule is CCOC(=O)C1[C@@H]2CC[C@H]1CNC2. The van der Waals surface area contributed by atoms with Crippen molar-refractivity contribution in [2.75, 3.05) is 19.7 Å². The molecule has 0 amide bonds. The number of piperidine rings is 1. The standard InChI is InChI=1S/C10H17NO2/c1-2-13-10(12)9-7-3-4-8(9)6-11-5-7/h7-9,11H,2-6H2,1H3/t7-,8+,9?. The van der Waals surface area contributed by atoms with Crippen LogP contribution in [-0.4, -0.2) is 25.7 Å². The van der Waals surface area contributed by atoms with Gasteiger partial charge in [0.1, 0.15) is 0 Å². The minimum Gasteiger partial charge on any atom is -0.466 e. The van der Waals surface area contributed by atoms with Gasteiger partial charge in [-0.05, 0) is 44.7 Å². The number of esters is 1. The van der Waals surface area contributed by atoms with Gasteiger partial charge < -0.3 is 10.1 Å². The van der Waals surface area contributed by atoms with Gasteiger partial charge in [0.25, 0.3) is 0 Å². The second kappa shape index (κ2) is 3.66. The van der Waals surface area contributed by atoms with Crippen LogP contribution >= 0.6 is 0 Å². The van der Waals surface area contributed by atoms with Crippen molar-refractivity contribution in [3.63, 3.8) is 0 Å². The van der Waals surface area contributed by atoms with Crippen LogP contribution in [0.2, 0.25) is 0 Å². The van der Waals surface area contributed by atoms with E-state index in [-0.39, 0.29) is 11.9 Å². The van der Waals surface area contributed by atoms with Crippen LogP contribution in [-0.2, 0) is 9.53 Å². The van der Waals surface area contributed by atoms with Crippen LogP contribution in [0.1, 0.15) is 19.8 Å². The Bertz CT molecular complexity index is 189. The predicted molar refractivity (Wildman–Crippen MR) is 49.2 cm³/mol. The van der Waals surface area contributed by atoms with Gasteiger partial charge in [-0.25, -0.2) is 0 Å². The van der Waals surface area contributed by atoms with Crippen LogP contribution in [0.25, 0.3) is 0 Å². The Morgan fingerprint density at radius 2 is 2.00 bits per heavy atom. The molecule has 1 unspecified atom stereocenters. The Kier molecular flexibility index (Phi) is 2.54. The molecule has 3 atom stereocenters. The molecule has 74 valence electrons. The minimum absolute atomic E-state index is 0.0384. The first-order valence-electron chi connectivity index (χ1n) is 5.20. The lowest BCUT2D eigenvalue weighted by atomic mass is 9.86. The van der Waals surface area contributed by atoms with E-state index in [0.29, 0.717) is 18.4 Å². The molecule has 3 heteroatoms. The zero-order valence-electron chi connectivity index (χ0n) is 8.08. The summed E-state index contributed by atoms with van der Waals surface area (Å²) < 4.78 is 5.10. The van der Waals surface area contributed by atoms with E-state index in [4.69, 9.17) is 4.74 Å². The smallest absolute Gasteiger partial charge is 0.309 e. The van der Waals surface area contributed by atoms with E-state index in [9.17, 15) is 4.79 Å². The third-order valence-electron chi connectivity index (χ3n) is 3.30. The van der Waals surface area contributed by atoms with E-state index in [1.165, 1.54) is 12.8 Å². The monoisotopic (exact) mass is 183 g/mol. The van der Waals surface area contributed by atoms with E-state index in [1.54, 1.807) is 0 Å². The fourth-order valence-corrected chi connectivity index (χ4v) is 2.71. The largest absolute Gasteiger partial charge is 0.466 e. The Balaban J connectivity index is 2.02. The zero-order chi connectivity index (χ0) is 9.26. The Morgan fingerprint density at radius 1 is 1.38 bits per heavy atom. The van der Waals surface area contributed by atoms with Crippen LogP contribution in [0.3, 0.4) is 0 Å². The van der Waals surface area contributed by atoms with Crippen LogP contribution < -0.4 is 5.32 Å². The van der Waals surface area contributed by atoms with Gasteiger partial charge in [-0.15, -0.1) is 0 Å². The molecule has 1 saturated heterocycles. The van der Waals surface area contributed by atoms with Crippen molar-refractivity contribution < 1.29 is 9.53 Å². The molecule has 1 saturated carbocycles. The lowest BCUT2D eigenvalue weighted by molar-refractivity contribution is -0.151. The molecular weight excluding hydrogens is 166 g/mol. The number of fused-ring (bicyclic) bond motifs is 2. The summed E-state index contributed by atoms with van der Waals surface area (Å²) in [5, 5.41) is 3.37. The molecule has 0 spiro atoms. The van der Waals surface area contributed by atoms with E-state index in [2.05, 4.69) is 5.32 Å². The summed E-state index contributed by atoms with van der Waals surface area (Å²) in [7, 11) is 0. The quantitative estimate of drug-likeness (QED) is 0.643. The topological polar surface area (TPSA) is 38.3 Å². The average Bonchev–Trinajstić information content (AvgIpc) is 2.37. The fourth-order valence-electron chi connectivity index (χ4n) is 2.71. The third-order valence-corrected chi connectivity index (χ3v) is 3.30. The first-order valence-corrected chi connectivity index (χ1v) is 5.20. The van der Waals surface area contributed by atoms with Crippen molar-refractivity contribution in [3.8, 4) is 0 Å². The summed E-state index contributed by atoms with van der Waals surface area (Å²) in [5.74, 6) is 1.31. The van der Waals surface area contributed by atoms with Crippen LogP contribution in [0.15, 0.2) is 0 Å². The van der Waals surface area contributed by atoms with Crippen molar-refractivity contribution >= 4 is 5.97 Å². The van der Waals surface area contributed by atoms with Crippen molar-refractivity contribution in [1.82, 2.24) is 5.32 Å². The summed E-state index contributed by atoms with van der Waals surface area (Å²) in [6.07, 6.45) is 2.39. The fraction of sp³-hybridized carbons (Fsp3) is 0.900. The number of carbonyl (C=O) groups is 1. The van der Waals surface area contributed by atoms with Crippen molar-refractivity contribution in [1.29, 1.82) is 0 Å². The molecule has 0 aromatic heterocycles. The summed E-state index contributed by atoms with van der Waals surface area (Å²) >= 11 is 0.